The summed E-state index contributed by atoms with van der Waals surface area (Å²) in [5, 5.41) is 0. The second-order valence-corrected chi connectivity index (χ2v) is 7.20. The highest BCUT2D eigenvalue weighted by Gasteiger charge is 2.37. The van der Waals surface area contributed by atoms with E-state index in [1.807, 2.05) is 43.1 Å². The van der Waals surface area contributed by atoms with Gasteiger partial charge in [-0.25, -0.2) is 0 Å². The zero-order valence-corrected chi connectivity index (χ0v) is 14.4. The molecule has 0 spiro atoms. The van der Waals surface area contributed by atoms with Gasteiger partial charge in [-0.15, -0.1) is 0 Å². The first-order chi connectivity index (χ1) is 10.5. The maximum Gasteiger partial charge on any atom is 0.244 e. The molecule has 1 aromatic rings. The van der Waals surface area contributed by atoms with Crippen LogP contribution in [0.4, 0.5) is 5.69 Å². The van der Waals surface area contributed by atoms with Crippen molar-refractivity contribution in [3.63, 3.8) is 0 Å². The number of benzene rings is 1. The Hall–Kier alpha value is -1.40. The number of hydrogen-bond donors (Lipinski definition) is 0. The Morgan fingerprint density at radius 2 is 2.14 bits per heavy atom. The minimum atomic E-state index is -0.864. The van der Waals surface area contributed by atoms with Gasteiger partial charge in [-0.05, 0) is 32.5 Å². The standard InChI is InChI=1S/C16H24N2O3S/c1-12(11-22(4)20)17(2)14-9-10-18(16(14)19)13-7-5-6-8-15(13)21-3/h5-8,12,14H,9-11H2,1-4H3/t12-,14+,22+/m1/s1. The molecular weight excluding hydrogens is 300 g/mol. The quantitative estimate of drug-likeness (QED) is 0.796. The molecule has 1 aliphatic rings. The first kappa shape index (κ1) is 17.0. The van der Waals surface area contributed by atoms with Gasteiger partial charge in [-0.2, -0.15) is 0 Å². The van der Waals surface area contributed by atoms with Crippen molar-refractivity contribution in [1.29, 1.82) is 0 Å². The molecule has 22 heavy (non-hydrogen) atoms. The Morgan fingerprint density at radius 1 is 1.45 bits per heavy atom. The lowest BCUT2D eigenvalue weighted by atomic mass is 10.2. The third-order valence-corrected chi connectivity index (χ3v) is 5.17. The van der Waals surface area contributed by atoms with Gasteiger partial charge < -0.3 is 9.64 Å². The van der Waals surface area contributed by atoms with E-state index in [-0.39, 0.29) is 18.0 Å². The lowest BCUT2D eigenvalue weighted by Crippen LogP contribution is -2.45. The summed E-state index contributed by atoms with van der Waals surface area (Å²) in [6.07, 6.45) is 2.47. The Kier molecular flexibility index (Phi) is 5.58. The van der Waals surface area contributed by atoms with E-state index in [2.05, 4.69) is 0 Å². The maximum atomic E-state index is 12.8. The fraction of sp³-hybridized carbons (Fsp3) is 0.562. The van der Waals surface area contributed by atoms with E-state index in [0.717, 1.165) is 12.1 Å². The molecule has 0 unspecified atom stereocenters. The van der Waals surface area contributed by atoms with Gasteiger partial charge >= 0.3 is 0 Å². The Balaban J connectivity index is 2.14. The number of likely N-dealkylation sites (N-methyl/N-ethyl adjacent to an activating group) is 1. The molecule has 1 heterocycles. The minimum Gasteiger partial charge on any atom is -0.495 e. The SMILES string of the molecule is COc1ccccc1N1CC[C@H](N(C)[C@H](C)C[S@](C)=O)C1=O. The van der Waals surface area contributed by atoms with Crippen LogP contribution in [0.1, 0.15) is 13.3 Å². The largest absolute Gasteiger partial charge is 0.495 e. The van der Waals surface area contributed by atoms with Crippen LogP contribution in [0, 0.1) is 0 Å². The van der Waals surface area contributed by atoms with Gasteiger partial charge in [0.1, 0.15) is 5.75 Å². The predicted molar refractivity (Wildman–Crippen MR) is 89.9 cm³/mol. The van der Waals surface area contributed by atoms with E-state index in [9.17, 15) is 9.00 Å². The number of para-hydroxylation sites is 2. The van der Waals surface area contributed by atoms with Crippen molar-refractivity contribution in [2.24, 2.45) is 0 Å². The summed E-state index contributed by atoms with van der Waals surface area (Å²) in [5.41, 5.74) is 0.817. The number of anilines is 1. The van der Waals surface area contributed by atoms with Crippen molar-refractivity contribution in [2.45, 2.75) is 25.4 Å². The fourth-order valence-corrected chi connectivity index (χ4v) is 3.81. The summed E-state index contributed by atoms with van der Waals surface area (Å²) in [6.45, 7) is 2.69. The van der Waals surface area contributed by atoms with Gasteiger partial charge in [0.2, 0.25) is 5.91 Å². The molecule has 1 fully saturated rings. The maximum absolute atomic E-state index is 12.8. The van der Waals surface area contributed by atoms with Crippen LogP contribution in [-0.2, 0) is 15.6 Å². The van der Waals surface area contributed by atoms with Gasteiger partial charge in [-0.1, -0.05) is 12.1 Å². The number of amides is 1. The van der Waals surface area contributed by atoms with Crippen molar-refractivity contribution >= 4 is 22.4 Å². The molecule has 6 heteroatoms. The van der Waals surface area contributed by atoms with Gasteiger partial charge in [0.15, 0.2) is 0 Å². The van der Waals surface area contributed by atoms with Crippen LogP contribution in [0.2, 0.25) is 0 Å². The highest BCUT2D eigenvalue weighted by atomic mass is 32.2. The van der Waals surface area contributed by atoms with Gasteiger partial charge in [0, 0.05) is 35.4 Å². The first-order valence-electron chi connectivity index (χ1n) is 7.42. The number of ether oxygens (including phenoxy) is 1. The third kappa shape index (κ3) is 3.50. The number of carbonyl (C=O) groups excluding carboxylic acids is 1. The van der Waals surface area contributed by atoms with Crippen LogP contribution < -0.4 is 9.64 Å². The predicted octanol–water partition coefficient (Wildman–Crippen LogP) is 1.50. The van der Waals surface area contributed by atoms with E-state index < -0.39 is 10.8 Å². The summed E-state index contributed by atoms with van der Waals surface area (Å²) in [5.74, 6) is 1.37. The third-order valence-electron chi connectivity index (χ3n) is 4.22. The average Bonchev–Trinajstić information content (AvgIpc) is 2.87. The van der Waals surface area contributed by atoms with E-state index >= 15 is 0 Å². The van der Waals surface area contributed by atoms with E-state index in [1.165, 1.54) is 0 Å². The number of carbonyl (C=O) groups is 1. The molecule has 0 N–H and O–H groups in total. The zero-order valence-electron chi connectivity index (χ0n) is 13.6. The van der Waals surface area contributed by atoms with Crippen molar-refractivity contribution in [1.82, 2.24) is 4.90 Å². The van der Waals surface area contributed by atoms with Crippen molar-refractivity contribution in [3.8, 4) is 5.75 Å². The van der Waals surface area contributed by atoms with Crippen molar-refractivity contribution in [2.75, 3.05) is 37.6 Å². The molecule has 0 saturated carbocycles. The summed E-state index contributed by atoms with van der Waals surface area (Å²) >= 11 is 0. The molecule has 5 nitrogen and oxygen atoms in total. The zero-order chi connectivity index (χ0) is 16.3. The minimum absolute atomic E-state index is 0.0840. The Morgan fingerprint density at radius 3 is 2.77 bits per heavy atom. The van der Waals surface area contributed by atoms with Gasteiger partial charge in [0.25, 0.3) is 0 Å². The second kappa shape index (κ2) is 7.24. The van der Waals surface area contributed by atoms with Crippen LogP contribution >= 0.6 is 0 Å². The molecule has 0 aromatic heterocycles. The van der Waals surface area contributed by atoms with Crippen LogP contribution in [0.15, 0.2) is 24.3 Å². The second-order valence-electron chi connectivity index (χ2n) is 5.72. The molecule has 2 rings (SSSR count). The molecule has 1 aromatic carbocycles. The Labute approximate surface area is 134 Å². The lowest BCUT2D eigenvalue weighted by molar-refractivity contribution is -0.121. The van der Waals surface area contributed by atoms with Crippen molar-refractivity contribution in [3.05, 3.63) is 24.3 Å². The molecule has 1 amide bonds. The molecule has 0 aliphatic carbocycles. The fourth-order valence-electron chi connectivity index (χ4n) is 2.90. The van der Waals surface area contributed by atoms with Crippen LogP contribution in [0.3, 0.4) is 0 Å². The van der Waals surface area contributed by atoms with Crippen molar-refractivity contribution < 1.29 is 13.7 Å². The highest BCUT2D eigenvalue weighted by Crippen LogP contribution is 2.32. The summed E-state index contributed by atoms with van der Waals surface area (Å²) in [4.78, 5) is 16.6. The number of nitrogens with zero attached hydrogens (tertiary/aromatic N) is 2. The molecule has 3 atom stereocenters. The topological polar surface area (TPSA) is 49.9 Å². The lowest BCUT2D eigenvalue weighted by Gasteiger charge is -2.29. The monoisotopic (exact) mass is 324 g/mol. The van der Waals surface area contributed by atoms with E-state index in [0.29, 0.717) is 18.0 Å². The van der Waals surface area contributed by atoms with Gasteiger partial charge in [-0.3, -0.25) is 13.9 Å². The smallest absolute Gasteiger partial charge is 0.244 e. The number of rotatable bonds is 6. The normalized spacial score (nSPS) is 21.2. The number of hydrogen-bond acceptors (Lipinski definition) is 4. The molecule has 0 radical (unpaired) electrons. The molecule has 0 bridgehead atoms. The van der Waals surface area contributed by atoms with E-state index in [4.69, 9.17) is 4.74 Å². The van der Waals surface area contributed by atoms with Crippen LogP contribution in [0.25, 0.3) is 0 Å². The summed E-state index contributed by atoms with van der Waals surface area (Å²) in [7, 11) is 2.69. The van der Waals surface area contributed by atoms with Crippen LogP contribution in [0.5, 0.6) is 5.75 Å². The molecule has 1 saturated heterocycles. The first-order valence-corrected chi connectivity index (χ1v) is 9.14. The summed E-state index contributed by atoms with van der Waals surface area (Å²) in [6, 6.07) is 7.52. The molecule has 122 valence electrons. The summed E-state index contributed by atoms with van der Waals surface area (Å²) < 4.78 is 16.8. The molecular formula is C16H24N2O3S. The Bertz CT molecular complexity index is 564. The average molecular weight is 324 g/mol. The highest BCUT2D eigenvalue weighted by molar-refractivity contribution is 7.84. The number of methoxy groups -OCH3 is 1. The van der Waals surface area contributed by atoms with Crippen LogP contribution in [-0.4, -0.2) is 59.8 Å². The van der Waals surface area contributed by atoms with Gasteiger partial charge in [0.05, 0.1) is 18.8 Å². The van der Waals surface area contributed by atoms with E-state index in [1.54, 1.807) is 18.3 Å². The molecule has 1 aliphatic heterocycles.